The molecule has 0 saturated heterocycles. The highest BCUT2D eigenvalue weighted by Crippen LogP contribution is 2.23. The van der Waals surface area contributed by atoms with E-state index in [-0.39, 0.29) is 0 Å². The number of nitrogens with zero attached hydrogens (tertiary/aromatic N) is 6. The zero-order chi connectivity index (χ0) is 14.3. The van der Waals surface area contributed by atoms with Crippen molar-refractivity contribution in [1.82, 2.24) is 25.0 Å². The quantitative estimate of drug-likeness (QED) is 0.722. The van der Waals surface area contributed by atoms with E-state index in [1.54, 1.807) is 10.8 Å². The van der Waals surface area contributed by atoms with Crippen molar-refractivity contribution in [1.29, 1.82) is 0 Å². The summed E-state index contributed by atoms with van der Waals surface area (Å²) in [4.78, 5) is 2.10. The predicted octanol–water partition coefficient (Wildman–Crippen LogP) is 1.67. The summed E-state index contributed by atoms with van der Waals surface area (Å²) >= 11 is 0. The Bertz CT molecular complexity index is 740. The maximum atomic E-state index is 5.21. The normalized spacial score (nSPS) is 11.2. The highest BCUT2D eigenvalue weighted by Gasteiger charge is 2.15. The maximum Gasteiger partial charge on any atom is 0.200 e. The highest BCUT2D eigenvalue weighted by molar-refractivity contribution is 5.68. The maximum absolute atomic E-state index is 5.21. The van der Waals surface area contributed by atoms with E-state index < -0.39 is 0 Å². The number of anilines is 1. The van der Waals surface area contributed by atoms with Crippen molar-refractivity contribution in [3.63, 3.8) is 0 Å². The minimum atomic E-state index is 0.702. The first-order valence-corrected chi connectivity index (χ1v) is 6.37. The smallest absolute Gasteiger partial charge is 0.200 e. The first-order valence-electron chi connectivity index (χ1n) is 6.37. The first kappa shape index (κ1) is 12.6. The monoisotopic (exact) mass is 272 g/mol. The molecule has 7 heteroatoms. The van der Waals surface area contributed by atoms with Gasteiger partial charge in [0.25, 0.3) is 0 Å². The fraction of sp³-hybridized carbons (Fsp3) is 0.385. The molecule has 3 aromatic heterocycles. The molecule has 0 aliphatic rings. The summed E-state index contributed by atoms with van der Waals surface area (Å²) in [5, 5.41) is 16.4. The summed E-state index contributed by atoms with van der Waals surface area (Å²) in [6.45, 7) is 6.53. The van der Waals surface area contributed by atoms with E-state index >= 15 is 0 Å². The van der Waals surface area contributed by atoms with Crippen LogP contribution < -0.4 is 4.90 Å². The summed E-state index contributed by atoms with van der Waals surface area (Å²) in [6, 6.07) is 2.00. The molecule has 104 valence electrons. The molecule has 0 aliphatic carbocycles. The van der Waals surface area contributed by atoms with Crippen molar-refractivity contribution in [2.75, 3.05) is 11.9 Å². The number of hydrogen-bond donors (Lipinski definition) is 0. The first-order chi connectivity index (χ1) is 9.56. The molecule has 0 aromatic carbocycles. The Labute approximate surface area is 116 Å². The van der Waals surface area contributed by atoms with Crippen LogP contribution in [0.1, 0.15) is 22.7 Å². The van der Waals surface area contributed by atoms with Crippen molar-refractivity contribution in [2.24, 2.45) is 0 Å². The standard InChI is InChI=1S/C13H16N6O/c1-8-5-12(13-15-14-7-19(13)16-8)18(4)6-11-9(2)17-20-10(11)3/h5,7H,6H2,1-4H3. The lowest BCUT2D eigenvalue weighted by molar-refractivity contribution is 0.392. The van der Waals surface area contributed by atoms with Gasteiger partial charge in [0.1, 0.15) is 12.1 Å². The molecule has 0 aliphatic heterocycles. The second kappa shape index (κ2) is 4.59. The second-order valence-corrected chi connectivity index (χ2v) is 4.93. The van der Waals surface area contributed by atoms with Crippen molar-refractivity contribution >= 4 is 11.3 Å². The van der Waals surface area contributed by atoms with Crippen LogP contribution in [0.5, 0.6) is 0 Å². The number of aryl methyl sites for hydroxylation is 3. The van der Waals surface area contributed by atoms with E-state index in [4.69, 9.17) is 4.52 Å². The molecular formula is C13H16N6O. The topological polar surface area (TPSA) is 72.4 Å². The number of rotatable bonds is 3. The Hall–Kier alpha value is -2.44. The molecular weight excluding hydrogens is 256 g/mol. The predicted molar refractivity (Wildman–Crippen MR) is 73.6 cm³/mol. The van der Waals surface area contributed by atoms with Gasteiger partial charge in [0.05, 0.1) is 17.1 Å². The number of aromatic nitrogens is 5. The van der Waals surface area contributed by atoms with Crippen molar-refractivity contribution in [3.05, 3.63) is 35.1 Å². The highest BCUT2D eigenvalue weighted by atomic mass is 16.5. The zero-order valence-corrected chi connectivity index (χ0v) is 12.0. The minimum absolute atomic E-state index is 0.702. The molecule has 0 atom stereocenters. The van der Waals surface area contributed by atoms with Crippen LogP contribution in [0, 0.1) is 20.8 Å². The molecule has 0 spiro atoms. The molecule has 0 fully saturated rings. The lowest BCUT2D eigenvalue weighted by Crippen LogP contribution is -2.19. The third-order valence-electron chi connectivity index (χ3n) is 3.36. The van der Waals surface area contributed by atoms with Gasteiger partial charge >= 0.3 is 0 Å². The van der Waals surface area contributed by atoms with Gasteiger partial charge in [-0.25, -0.2) is 0 Å². The average Bonchev–Trinajstić information content (AvgIpc) is 2.99. The summed E-state index contributed by atoms with van der Waals surface area (Å²) in [5.74, 6) is 0.845. The van der Waals surface area contributed by atoms with E-state index in [0.717, 1.165) is 34.0 Å². The Morgan fingerprint density at radius 2 is 2.10 bits per heavy atom. The largest absolute Gasteiger partial charge is 0.367 e. The fourth-order valence-corrected chi connectivity index (χ4v) is 2.26. The van der Waals surface area contributed by atoms with Gasteiger partial charge in [-0.15, -0.1) is 10.2 Å². The molecule has 3 rings (SSSR count). The molecule has 0 radical (unpaired) electrons. The molecule has 0 amide bonds. The molecule has 7 nitrogen and oxygen atoms in total. The Morgan fingerprint density at radius 3 is 2.80 bits per heavy atom. The van der Waals surface area contributed by atoms with Gasteiger partial charge in [-0.05, 0) is 26.8 Å². The van der Waals surface area contributed by atoms with Gasteiger partial charge in [0.2, 0.25) is 5.65 Å². The van der Waals surface area contributed by atoms with Crippen LogP contribution in [-0.2, 0) is 6.54 Å². The fourth-order valence-electron chi connectivity index (χ4n) is 2.26. The number of fused-ring (bicyclic) bond motifs is 1. The van der Waals surface area contributed by atoms with Gasteiger partial charge in [-0.2, -0.15) is 9.61 Å². The van der Waals surface area contributed by atoms with E-state index in [1.165, 1.54) is 0 Å². The summed E-state index contributed by atoms with van der Waals surface area (Å²) in [7, 11) is 2.01. The Balaban J connectivity index is 2.00. The van der Waals surface area contributed by atoms with Gasteiger partial charge in [-0.1, -0.05) is 5.16 Å². The van der Waals surface area contributed by atoms with Crippen molar-refractivity contribution in [3.8, 4) is 0 Å². The van der Waals surface area contributed by atoms with E-state index in [9.17, 15) is 0 Å². The second-order valence-electron chi connectivity index (χ2n) is 4.93. The van der Waals surface area contributed by atoms with Crippen LogP contribution in [0.4, 0.5) is 5.69 Å². The van der Waals surface area contributed by atoms with Crippen LogP contribution in [0.15, 0.2) is 16.9 Å². The van der Waals surface area contributed by atoms with E-state index in [1.807, 2.05) is 33.9 Å². The molecule has 0 N–H and O–H groups in total. The Kier molecular flexibility index (Phi) is 2.89. The molecule has 0 unspecified atom stereocenters. The van der Waals surface area contributed by atoms with Gasteiger partial charge in [0.15, 0.2) is 0 Å². The van der Waals surface area contributed by atoms with Crippen molar-refractivity contribution < 1.29 is 4.52 Å². The van der Waals surface area contributed by atoms with E-state index in [0.29, 0.717) is 6.54 Å². The minimum Gasteiger partial charge on any atom is -0.367 e. The molecule has 20 heavy (non-hydrogen) atoms. The van der Waals surface area contributed by atoms with Crippen LogP contribution in [0.2, 0.25) is 0 Å². The summed E-state index contributed by atoms with van der Waals surface area (Å²) < 4.78 is 6.90. The summed E-state index contributed by atoms with van der Waals surface area (Å²) in [6.07, 6.45) is 1.61. The van der Waals surface area contributed by atoms with Crippen LogP contribution in [-0.4, -0.2) is 32.0 Å². The van der Waals surface area contributed by atoms with Gasteiger partial charge < -0.3 is 9.42 Å². The summed E-state index contributed by atoms with van der Waals surface area (Å²) in [5.41, 5.74) is 4.65. The molecule has 3 heterocycles. The van der Waals surface area contributed by atoms with Crippen LogP contribution in [0.25, 0.3) is 5.65 Å². The zero-order valence-electron chi connectivity index (χ0n) is 12.0. The third-order valence-corrected chi connectivity index (χ3v) is 3.36. The molecule has 0 saturated carbocycles. The van der Waals surface area contributed by atoms with Crippen LogP contribution in [0.3, 0.4) is 0 Å². The Morgan fingerprint density at radius 1 is 1.30 bits per heavy atom. The van der Waals surface area contributed by atoms with Gasteiger partial charge in [-0.3, -0.25) is 0 Å². The van der Waals surface area contributed by atoms with Crippen molar-refractivity contribution in [2.45, 2.75) is 27.3 Å². The van der Waals surface area contributed by atoms with Crippen LogP contribution >= 0.6 is 0 Å². The number of hydrogen-bond acceptors (Lipinski definition) is 6. The lowest BCUT2D eigenvalue weighted by atomic mass is 10.2. The SMILES string of the molecule is Cc1cc(N(C)Cc2c(C)noc2C)c2nncn2n1. The van der Waals surface area contributed by atoms with Gasteiger partial charge in [0, 0.05) is 19.2 Å². The van der Waals surface area contributed by atoms with E-state index in [2.05, 4.69) is 25.4 Å². The molecule has 3 aromatic rings. The molecule has 0 bridgehead atoms. The third kappa shape index (κ3) is 2.01. The average molecular weight is 272 g/mol. The lowest BCUT2D eigenvalue weighted by Gasteiger charge is -2.19.